The number of rotatable bonds is 6. The highest BCUT2D eigenvalue weighted by Gasteiger charge is 2.44. The van der Waals surface area contributed by atoms with Gasteiger partial charge in [-0.1, -0.05) is 12.1 Å². The predicted molar refractivity (Wildman–Crippen MR) is 82.3 cm³/mol. The second-order valence-electron chi connectivity index (χ2n) is 5.76. The van der Waals surface area contributed by atoms with Gasteiger partial charge in [-0.3, -0.25) is 0 Å². The van der Waals surface area contributed by atoms with Crippen molar-refractivity contribution in [2.45, 2.75) is 49.8 Å². The Hall–Kier alpha value is -1.26. The summed E-state index contributed by atoms with van der Waals surface area (Å²) in [6.07, 6.45) is -8.61. The lowest BCUT2D eigenvalue weighted by molar-refractivity contribution is -0.315. The molecule has 1 aromatic rings. The summed E-state index contributed by atoms with van der Waals surface area (Å²) in [4.78, 5) is 0. The fourth-order valence-electron chi connectivity index (χ4n) is 2.54. The highest BCUT2D eigenvalue weighted by molar-refractivity contribution is 5.28. The molecule has 2 rings (SSSR count). The molecule has 0 aliphatic carbocycles. The molecular weight excluding hydrogens is 320 g/mol. The van der Waals surface area contributed by atoms with Gasteiger partial charge in [-0.05, 0) is 24.6 Å². The molecule has 5 N–H and O–H groups in total. The minimum Gasteiger partial charge on any atom is -0.497 e. The Morgan fingerprint density at radius 2 is 1.71 bits per heavy atom. The van der Waals surface area contributed by atoms with Gasteiger partial charge in [0.25, 0.3) is 0 Å². The Balaban J connectivity index is 2.02. The van der Waals surface area contributed by atoms with E-state index in [0.29, 0.717) is 11.3 Å². The average Bonchev–Trinajstić information content (AvgIpc) is 2.61. The zero-order valence-corrected chi connectivity index (χ0v) is 13.5. The summed E-state index contributed by atoms with van der Waals surface area (Å²) in [5, 5.41) is 48.9. The zero-order chi connectivity index (χ0) is 17.9. The number of aliphatic hydroxyl groups is 5. The largest absolute Gasteiger partial charge is 0.497 e. The van der Waals surface area contributed by atoms with Crippen molar-refractivity contribution < 1.29 is 39.7 Å². The van der Waals surface area contributed by atoms with Crippen LogP contribution in [0.5, 0.6) is 5.75 Å². The first-order valence-electron chi connectivity index (χ1n) is 7.67. The maximum Gasteiger partial charge on any atom is 0.187 e. The summed E-state index contributed by atoms with van der Waals surface area (Å²) in [7, 11) is 1.54. The third-order valence-corrected chi connectivity index (χ3v) is 4.10. The zero-order valence-electron chi connectivity index (χ0n) is 13.5. The van der Waals surface area contributed by atoms with Crippen LogP contribution in [0.15, 0.2) is 24.3 Å². The molecule has 1 aromatic carbocycles. The molecule has 7 atom stereocenters. The normalized spacial score (nSPS) is 33.0. The van der Waals surface area contributed by atoms with Crippen molar-refractivity contribution in [1.29, 1.82) is 0 Å². The van der Waals surface area contributed by atoms with E-state index in [-0.39, 0.29) is 0 Å². The standard InChI is InChI=1S/C16H24O8/c1-8(12(18)9-3-5-10(22-2)6-4-9)23-16-15(21)14(20)13(19)11(7-17)24-16/h3-6,8,11-21H,7H2,1-2H3. The number of hydrogen-bond donors (Lipinski definition) is 5. The number of aliphatic hydroxyl groups excluding tert-OH is 5. The fourth-order valence-corrected chi connectivity index (χ4v) is 2.54. The third-order valence-electron chi connectivity index (χ3n) is 4.10. The molecule has 0 bridgehead atoms. The van der Waals surface area contributed by atoms with E-state index in [4.69, 9.17) is 19.3 Å². The molecule has 0 amide bonds. The third kappa shape index (κ3) is 4.04. The first kappa shape index (κ1) is 19.1. The van der Waals surface area contributed by atoms with Gasteiger partial charge in [-0.25, -0.2) is 0 Å². The monoisotopic (exact) mass is 344 g/mol. The molecule has 8 nitrogen and oxygen atoms in total. The lowest BCUT2D eigenvalue weighted by Gasteiger charge is -2.41. The van der Waals surface area contributed by atoms with Crippen LogP contribution in [-0.2, 0) is 9.47 Å². The van der Waals surface area contributed by atoms with Crippen LogP contribution in [0.1, 0.15) is 18.6 Å². The van der Waals surface area contributed by atoms with Gasteiger partial charge in [0, 0.05) is 0 Å². The second-order valence-corrected chi connectivity index (χ2v) is 5.76. The molecule has 0 spiro atoms. The highest BCUT2D eigenvalue weighted by Crippen LogP contribution is 2.27. The maximum absolute atomic E-state index is 10.3. The number of benzene rings is 1. The van der Waals surface area contributed by atoms with Gasteiger partial charge in [-0.15, -0.1) is 0 Å². The Bertz CT molecular complexity index is 505. The van der Waals surface area contributed by atoms with Crippen LogP contribution in [0.3, 0.4) is 0 Å². The van der Waals surface area contributed by atoms with E-state index in [9.17, 15) is 20.4 Å². The van der Waals surface area contributed by atoms with Crippen molar-refractivity contribution in [3.05, 3.63) is 29.8 Å². The van der Waals surface area contributed by atoms with E-state index >= 15 is 0 Å². The summed E-state index contributed by atoms with van der Waals surface area (Å²) in [5.74, 6) is 0.647. The summed E-state index contributed by atoms with van der Waals surface area (Å²) in [5.41, 5.74) is 0.577. The molecule has 1 aliphatic heterocycles. The molecular formula is C16H24O8. The maximum atomic E-state index is 10.3. The quantitative estimate of drug-likeness (QED) is 0.441. The lowest BCUT2D eigenvalue weighted by atomic mass is 9.99. The molecule has 0 saturated carbocycles. The molecule has 136 valence electrons. The summed E-state index contributed by atoms with van der Waals surface area (Å²) >= 11 is 0. The van der Waals surface area contributed by atoms with Crippen molar-refractivity contribution in [1.82, 2.24) is 0 Å². The van der Waals surface area contributed by atoms with Gasteiger partial charge in [0.05, 0.1) is 19.8 Å². The summed E-state index contributed by atoms with van der Waals surface area (Å²) < 4.78 is 15.8. The van der Waals surface area contributed by atoms with Crippen molar-refractivity contribution in [3.8, 4) is 5.75 Å². The number of ether oxygens (including phenoxy) is 3. The molecule has 1 heterocycles. The summed E-state index contributed by atoms with van der Waals surface area (Å²) in [6, 6.07) is 6.74. The topological polar surface area (TPSA) is 129 Å². The SMILES string of the molecule is COc1ccc(C(O)C(C)OC2OC(CO)C(O)C(O)C2O)cc1. The lowest BCUT2D eigenvalue weighted by Crippen LogP contribution is -2.59. The van der Waals surface area contributed by atoms with Crippen LogP contribution in [-0.4, -0.2) is 76.1 Å². The van der Waals surface area contributed by atoms with E-state index in [2.05, 4.69) is 0 Å². The van der Waals surface area contributed by atoms with Crippen LogP contribution >= 0.6 is 0 Å². The van der Waals surface area contributed by atoms with Gasteiger partial charge in [-0.2, -0.15) is 0 Å². The van der Waals surface area contributed by atoms with E-state index in [1.165, 1.54) is 7.11 Å². The van der Waals surface area contributed by atoms with Gasteiger partial charge in [0.2, 0.25) is 0 Å². The Labute approximate surface area is 139 Å². The molecule has 0 radical (unpaired) electrons. The Morgan fingerprint density at radius 1 is 1.08 bits per heavy atom. The van der Waals surface area contributed by atoms with Crippen molar-refractivity contribution in [2.75, 3.05) is 13.7 Å². The second kappa shape index (κ2) is 8.21. The van der Waals surface area contributed by atoms with Crippen LogP contribution in [0.4, 0.5) is 0 Å². The van der Waals surface area contributed by atoms with Gasteiger partial charge in [0.1, 0.15) is 36.3 Å². The molecule has 8 heteroatoms. The van der Waals surface area contributed by atoms with Crippen molar-refractivity contribution in [2.24, 2.45) is 0 Å². The Kier molecular flexibility index (Phi) is 6.53. The van der Waals surface area contributed by atoms with Crippen LogP contribution in [0.2, 0.25) is 0 Å². The fraction of sp³-hybridized carbons (Fsp3) is 0.625. The Morgan fingerprint density at radius 3 is 2.25 bits per heavy atom. The van der Waals surface area contributed by atoms with Crippen molar-refractivity contribution >= 4 is 0 Å². The number of hydrogen-bond acceptors (Lipinski definition) is 8. The van der Waals surface area contributed by atoms with Crippen molar-refractivity contribution in [3.63, 3.8) is 0 Å². The first-order chi connectivity index (χ1) is 11.4. The molecule has 0 aromatic heterocycles. The molecule has 1 aliphatic rings. The van der Waals surface area contributed by atoms with Gasteiger partial charge in [0.15, 0.2) is 6.29 Å². The van der Waals surface area contributed by atoms with E-state index in [1.807, 2.05) is 0 Å². The summed E-state index contributed by atoms with van der Waals surface area (Å²) in [6.45, 7) is 1.04. The number of methoxy groups -OCH3 is 1. The van der Waals surface area contributed by atoms with E-state index in [0.717, 1.165) is 0 Å². The average molecular weight is 344 g/mol. The smallest absolute Gasteiger partial charge is 0.187 e. The van der Waals surface area contributed by atoms with E-state index < -0.39 is 49.5 Å². The minimum absolute atomic E-state index is 0.541. The molecule has 24 heavy (non-hydrogen) atoms. The van der Waals surface area contributed by atoms with E-state index in [1.54, 1.807) is 31.2 Å². The minimum atomic E-state index is -1.52. The first-order valence-corrected chi connectivity index (χ1v) is 7.67. The van der Waals surface area contributed by atoms with Gasteiger partial charge < -0.3 is 39.7 Å². The van der Waals surface area contributed by atoms with Crippen LogP contribution in [0, 0.1) is 0 Å². The van der Waals surface area contributed by atoms with Crippen LogP contribution in [0.25, 0.3) is 0 Å². The predicted octanol–water partition coefficient (Wildman–Crippen LogP) is -1.07. The molecule has 7 unspecified atom stereocenters. The molecule has 1 fully saturated rings. The van der Waals surface area contributed by atoms with Gasteiger partial charge >= 0.3 is 0 Å². The molecule has 1 saturated heterocycles. The highest BCUT2D eigenvalue weighted by atomic mass is 16.7. The van der Waals surface area contributed by atoms with Crippen LogP contribution < -0.4 is 4.74 Å².